The van der Waals surface area contributed by atoms with Gasteiger partial charge >= 0.3 is 0 Å². The number of nitrogens with one attached hydrogen (secondary N) is 1. The van der Waals surface area contributed by atoms with E-state index >= 15 is 0 Å². The standard InChI is InChI=1S/C13H23N3OS2/c1-11(2)18-9-12-10-19-13(15-12)14-3-4-16-5-7-17-8-6-16/h10-11H,3-9H2,1-2H3,(H,14,15). The molecule has 2 rings (SSSR count). The Morgan fingerprint density at radius 2 is 2.26 bits per heavy atom. The predicted octanol–water partition coefficient (Wildman–Crippen LogP) is 2.53. The number of anilines is 1. The van der Waals surface area contributed by atoms with Gasteiger partial charge in [-0.05, 0) is 5.25 Å². The number of hydrogen-bond acceptors (Lipinski definition) is 6. The summed E-state index contributed by atoms with van der Waals surface area (Å²) in [5, 5.41) is 7.29. The number of thioether (sulfide) groups is 1. The van der Waals surface area contributed by atoms with Crippen LogP contribution in [0.25, 0.3) is 0 Å². The Hall–Kier alpha value is -0.300. The molecule has 0 radical (unpaired) electrons. The Morgan fingerprint density at radius 3 is 3.00 bits per heavy atom. The van der Waals surface area contributed by atoms with Crippen LogP contribution in [0, 0.1) is 0 Å². The van der Waals surface area contributed by atoms with Crippen LogP contribution in [0.15, 0.2) is 5.38 Å². The van der Waals surface area contributed by atoms with E-state index < -0.39 is 0 Å². The summed E-state index contributed by atoms with van der Waals surface area (Å²) in [5.41, 5.74) is 1.19. The molecule has 1 aromatic heterocycles. The van der Waals surface area contributed by atoms with E-state index in [9.17, 15) is 0 Å². The fraction of sp³-hybridized carbons (Fsp3) is 0.769. The number of nitrogens with zero attached hydrogens (tertiary/aromatic N) is 2. The molecule has 1 N–H and O–H groups in total. The molecular weight excluding hydrogens is 278 g/mol. The highest BCUT2D eigenvalue weighted by atomic mass is 32.2. The molecule has 0 aliphatic carbocycles. The number of hydrogen-bond donors (Lipinski definition) is 1. The molecular formula is C13H23N3OS2. The predicted molar refractivity (Wildman–Crippen MR) is 84.3 cm³/mol. The van der Waals surface area contributed by atoms with E-state index in [1.165, 1.54) is 5.69 Å². The minimum Gasteiger partial charge on any atom is -0.379 e. The molecule has 4 nitrogen and oxygen atoms in total. The minimum absolute atomic E-state index is 0.666. The maximum atomic E-state index is 5.34. The highest BCUT2D eigenvalue weighted by Gasteiger charge is 2.09. The quantitative estimate of drug-likeness (QED) is 0.837. The van der Waals surface area contributed by atoms with Gasteiger partial charge in [-0.2, -0.15) is 11.8 Å². The first-order chi connectivity index (χ1) is 9.24. The van der Waals surface area contributed by atoms with Gasteiger partial charge in [-0.1, -0.05) is 13.8 Å². The van der Waals surface area contributed by atoms with E-state index in [1.807, 2.05) is 11.8 Å². The van der Waals surface area contributed by atoms with Crippen LogP contribution in [0.4, 0.5) is 5.13 Å². The zero-order valence-corrected chi connectivity index (χ0v) is 13.4. The number of thiazole rings is 1. The summed E-state index contributed by atoms with van der Waals surface area (Å²) in [6, 6.07) is 0. The zero-order chi connectivity index (χ0) is 13.5. The van der Waals surface area contributed by atoms with Crippen molar-refractivity contribution in [3.05, 3.63) is 11.1 Å². The summed E-state index contributed by atoms with van der Waals surface area (Å²) in [4.78, 5) is 7.04. The normalized spacial score (nSPS) is 17.0. The molecule has 0 spiro atoms. The minimum atomic E-state index is 0.666. The van der Waals surface area contributed by atoms with Crippen LogP contribution < -0.4 is 5.32 Å². The number of ether oxygens (including phenoxy) is 1. The second-order valence-electron chi connectivity index (χ2n) is 4.88. The lowest BCUT2D eigenvalue weighted by molar-refractivity contribution is 0.0398. The topological polar surface area (TPSA) is 37.4 Å². The van der Waals surface area contributed by atoms with Crippen LogP contribution >= 0.6 is 23.1 Å². The van der Waals surface area contributed by atoms with Gasteiger partial charge in [-0.25, -0.2) is 4.98 Å². The van der Waals surface area contributed by atoms with E-state index in [1.54, 1.807) is 11.3 Å². The summed E-state index contributed by atoms with van der Waals surface area (Å²) >= 11 is 3.65. The first-order valence-electron chi connectivity index (χ1n) is 6.84. The van der Waals surface area contributed by atoms with E-state index in [-0.39, 0.29) is 0 Å². The van der Waals surface area contributed by atoms with Crippen LogP contribution in [0.3, 0.4) is 0 Å². The lowest BCUT2D eigenvalue weighted by Gasteiger charge is -2.26. The van der Waals surface area contributed by atoms with Crippen LogP contribution in [-0.4, -0.2) is 54.5 Å². The zero-order valence-electron chi connectivity index (χ0n) is 11.7. The van der Waals surface area contributed by atoms with Gasteiger partial charge in [0.05, 0.1) is 18.9 Å². The van der Waals surface area contributed by atoms with Crippen molar-refractivity contribution >= 4 is 28.2 Å². The fourth-order valence-electron chi connectivity index (χ4n) is 1.85. The van der Waals surface area contributed by atoms with Gasteiger partial charge in [0.2, 0.25) is 0 Å². The van der Waals surface area contributed by atoms with Crippen molar-refractivity contribution in [2.45, 2.75) is 24.9 Å². The molecule has 0 unspecified atom stereocenters. The Kier molecular flexibility index (Phi) is 6.43. The maximum absolute atomic E-state index is 5.34. The summed E-state index contributed by atoms with van der Waals surface area (Å²) in [7, 11) is 0. The molecule has 1 aromatic rings. The average Bonchev–Trinajstić information content (AvgIpc) is 2.86. The van der Waals surface area contributed by atoms with Crippen molar-refractivity contribution in [3.8, 4) is 0 Å². The summed E-state index contributed by atoms with van der Waals surface area (Å²) in [5.74, 6) is 1.01. The first kappa shape index (κ1) is 15.1. The van der Waals surface area contributed by atoms with E-state index in [2.05, 4.69) is 34.4 Å². The van der Waals surface area contributed by atoms with Gasteiger partial charge in [0, 0.05) is 37.3 Å². The van der Waals surface area contributed by atoms with Gasteiger partial charge < -0.3 is 10.1 Å². The summed E-state index contributed by atoms with van der Waals surface area (Å²) < 4.78 is 5.34. The highest BCUT2D eigenvalue weighted by Crippen LogP contribution is 2.21. The van der Waals surface area contributed by atoms with Crippen LogP contribution in [0.1, 0.15) is 19.5 Å². The largest absolute Gasteiger partial charge is 0.379 e. The molecule has 1 fully saturated rings. The number of rotatable bonds is 7. The molecule has 0 atom stereocenters. The molecule has 19 heavy (non-hydrogen) atoms. The van der Waals surface area contributed by atoms with E-state index in [0.29, 0.717) is 5.25 Å². The lowest BCUT2D eigenvalue weighted by atomic mass is 10.4. The van der Waals surface area contributed by atoms with Crippen molar-refractivity contribution in [3.63, 3.8) is 0 Å². The van der Waals surface area contributed by atoms with Gasteiger partial charge in [0.1, 0.15) is 0 Å². The van der Waals surface area contributed by atoms with Gasteiger partial charge in [0.25, 0.3) is 0 Å². The van der Waals surface area contributed by atoms with Crippen molar-refractivity contribution in [2.24, 2.45) is 0 Å². The van der Waals surface area contributed by atoms with Crippen molar-refractivity contribution in [2.75, 3.05) is 44.7 Å². The number of aromatic nitrogens is 1. The maximum Gasteiger partial charge on any atom is 0.182 e. The monoisotopic (exact) mass is 301 g/mol. The van der Waals surface area contributed by atoms with Gasteiger partial charge in [-0.3, -0.25) is 4.90 Å². The van der Waals surface area contributed by atoms with Crippen LogP contribution in [-0.2, 0) is 10.5 Å². The second-order valence-corrected chi connectivity index (χ2v) is 7.31. The molecule has 1 saturated heterocycles. The SMILES string of the molecule is CC(C)SCc1csc(NCCN2CCOCC2)n1. The van der Waals surface area contributed by atoms with Crippen LogP contribution in [0.5, 0.6) is 0 Å². The van der Waals surface area contributed by atoms with Crippen LogP contribution in [0.2, 0.25) is 0 Å². The van der Waals surface area contributed by atoms with Crippen molar-refractivity contribution in [1.82, 2.24) is 9.88 Å². The molecule has 2 heterocycles. The average molecular weight is 301 g/mol. The molecule has 6 heteroatoms. The Balaban J connectivity index is 1.65. The molecule has 108 valence electrons. The third-order valence-corrected chi connectivity index (χ3v) is 4.90. The fourth-order valence-corrected chi connectivity index (χ4v) is 3.35. The third-order valence-electron chi connectivity index (χ3n) is 2.92. The highest BCUT2D eigenvalue weighted by molar-refractivity contribution is 7.99. The Morgan fingerprint density at radius 1 is 1.47 bits per heavy atom. The lowest BCUT2D eigenvalue weighted by Crippen LogP contribution is -2.38. The molecule has 0 aromatic carbocycles. The second kappa shape index (κ2) is 8.09. The van der Waals surface area contributed by atoms with Gasteiger partial charge in [0.15, 0.2) is 5.13 Å². The van der Waals surface area contributed by atoms with E-state index in [0.717, 1.165) is 50.3 Å². The summed E-state index contributed by atoms with van der Waals surface area (Å²) in [6.45, 7) is 10.3. The Labute approximate surface area is 123 Å². The van der Waals surface area contributed by atoms with Crippen molar-refractivity contribution in [1.29, 1.82) is 0 Å². The summed E-state index contributed by atoms with van der Waals surface area (Å²) in [6.07, 6.45) is 0. The molecule has 1 aliphatic heterocycles. The third kappa shape index (κ3) is 5.69. The Bertz CT molecular complexity index is 365. The molecule has 1 aliphatic rings. The molecule has 0 amide bonds. The van der Waals surface area contributed by atoms with E-state index in [4.69, 9.17) is 4.74 Å². The number of morpholine rings is 1. The first-order valence-corrected chi connectivity index (χ1v) is 8.77. The molecule has 0 saturated carbocycles. The smallest absolute Gasteiger partial charge is 0.182 e. The molecule has 0 bridgehead atoms. The van der Waals surface area contributed by atoms with Crippen molar-refractivity contribution < 1.29 is 4.74 Å². The van der Waals surface area contributed by atoms with Gasteiger partial charge in [-0.15, -0.1) is 11.3 Å².